The number of hydrogen-bond acceptors (Lipinski definition) is 6. The SMILES string of the molecule is O=C(Nc1cc(N2CCCC2)ncn1)c1ccc(=O)[nH]n1. The minimum absolute atomic E-state index is 0.121. The molecule has 3 rings (SSSR count). The highest BCUT2D eigenvalue weighted by Crippen LogP contribution is 2.19. The zero-order chi connectivity index (χ0) is 14.7. The Morgan fingerprint density at radius 2 is 2.05 bits per heavy atom. The highest BCUT2D eigenvalue weighted by atomic mass is 16.2. The molecule has 0 aromatic carbocycles. The number of aromatic amines is 1. The Kier molecular flexibility index (Phi) is 3.59. The monoisotopic (exact) mass is 286 g/mol. The van der Waals surface area contributed by atoms with Gasteiger partial charge in [-0.15, -0.1) is 0 Å². The van der Waals surface area contributed by atoms with Gasteiger partial charge >= 0.3 is 0 Å². The molecular weight excluding hydrogens is 272 g/mol. The Morgan fingerprint density at radius 3 is 2.76 bits per heavy atom. The summed E-state index contributed by atoms with van der Waals surface area (Å²) >= 11 is 0. The molecule has 1 aliphatic rings. The number of carbonyl (C=O) groups excluding carboxylic acids is 1. The van der Waals surface area contributed by atoms with Crippen molar-refractivity contribution in [2.24, 2.45) is 0 Å². The summed E-state index contributed by atoms with van der Waals surface area (Å²) in [4.78, 5) is 33.3. The van der Waals surface area contributed by atoms with E-state index >= 15 is 0 Å². The van der Waals surface area contributed by atoms with E-state index in [1.165, 1.54) is 18.5 Å². The number of anilines is 2. The number of amides is 1. The predicted octanol–water partition coefficient (Wildman–Crippen LogP) is 0.412. The molecular formula is C13H14N6O2. The van der Waals surface area contributed by atoms with Gasteiger partial charge in [0.15, 0.2) is 0 Å². The van der Waals surface area contributed by atoms with Gasteiger partial charge in [0.2, 0.25) is 0 Å². The van der Waals surface area contributed by atoms with E-state index in [1.54, 1.807) is 6.07 Å². The summed E-state index contributed by atoms with van der Waals surface area (Å²) < 4.78 is 0. The molecule has 1 aliphatic heterocycles. The summed E-state index contributed by atoms with van der Waals surface area (Å²) in [5.74, 6) is 0.773. The first kappa shape index (κ1) is 13.2. The van der Waals surface area contributed by atoms with E-state index in [2.05, 4.69) is 30.4 Å². The Bertz CT molecular complexity index is 687. The summed E-state index contributed by atoms with van der Waals surface area (Å²) in [5, 5.41) is 8.53. The van der Waals surface area contributed by atoms with Crippen LogP contribution in [0.5, 0.6) is 0 Å². The zero-order valence-corrected chi connectivity index (χ0v) is 11.2. The molecule has 0 unspecified atom stereocenters. The number of nitrogens with zero attached hydrogens (tertiary/aromatic N) is 4. The van der Waals surface area contributed by atoms with Crippen molar-refractivity contribution in [3.63, 3.8) is 0 Å². The van der Waals surface area contributed by atoms with Crippen molar-refractivity contribution < 1.29 is 4.79 Å². The van der Waals surface area contributed by atoms with Crippen LogP contribution in [0.4, 0.5) is 11.6 Å². The van der Waals surface area contributed by atoms with Gasteiger partial charge < -0.3 is 10.2 Å². The maximum atomic E-state index is 12.0. The van der Waals surface area contributed by atoms with E-state index in [4.69, 9.17) is 0 Å². The Balaban J connectivity index is 1.75. The van der Waals surface area contributed by atoms with Crippen molar-refractivity contribution in [1.82, 2.24) is 20.2 Å². The number of aromatic nitrogens is 4. The van der Waals surface area contributed by atoms with Crippen LogP contribution in [0, 0.1) is 0 Å². The van der Waals surface area contributed by atoms with Crippen LogP contribution in [0.25, 0.3) is 0 Å². The van der Waals surface area contributed by atoms with Crippen molar-refractivity contribution in [2.45, 2.75) is 12.8 Å². The van der Waals surface area contributed by atoms with Gasteiger partial charge in [-0.05, 0) is 18.9 Å². The quantitative estimate of drug-likeness (QED) is 0.847. The Labute approximate surface area is 120 Å². The fraction of sp³-hybridized carbons (Fsp3) is 0.308. The fourth-order valence-electron chi connectivity index (χ4n) is 2.19. The molecule has 3 heterocycles. The average molecular weight is 286 g/mol. The van der Waals surface area contributed by atoms with E-state index in [9.17, 15) is 9.59 Å². The molecule has 1 saturated heterocycles. The molecule has 0 bridgehead atoms. The molecule has 8 heteroatoms. The van der Waals surface area contributed by atoms with E-state index in [1.807, 2.05) is 0 Å². The highest BCUT2D eigenvalue weighted by Gasteiger charge is 2.15. The van der Waals surface area contributed by atoms with Crippen LogP contribution in [0.3, 0.4) is 0 Å². The third-order valence-corrected chi connectivity index (χ3v) is 3.24. The van der Waals surface area contributed by atoms with Gasteiger partial charge in [0.25, 0.3) is 11.5 Å². The summed E-state index contributed by atoms with van der Waals surface area (Å²) in [6.07, 6.45) is 3.71. The lowest BCUT2D eigenvalue weighted by Crippen LogP contribution is -2.21. The van der Waals surface area contributed by atoms with Crippen molar-refractivity contribution in [3.8, 4) is 0 Å². The van der Waals surface area contributed by atoms with Crippen LogP contribution in [0.1, 0.15) is 23.3 Å². The van der Waals surface area contributed by atoms with Gasteiger partial charge in [-0.2, -0.15) is 5.10 Å². The lowest BCUT2D eigenvalue weighted by atomic mass is 10.3. The number of carbonyl (C=O) groups is 1. The molecule has 2 aromatic rings. The predicted molar refractivity (Wildman–Crippen MR) is 76.3 cm³/mol. The molecule has 21 heavy (non-hydrogen) atoms. The third kappa shape index (κ3) is 3.04. The largest absolute Gasteiger partial charge is 0.356 e. The summed E-state index contributed by atoms with van der Waals surface area (Å²) in [6, 6.07) is 4.34. The van der Waals surface area contributed by atoms with Crippen LogP contribution in [0.15, 0.2) is 29.3 Å². The number of H-pyrrole nitrogens is 1. The lowest BCUT2D eigenvalue weighted by molar-refractivity contribution is 0.102. The molecule has 2 aromatic heterocycles. The number of hydrogen-bond donors (Lipinski definition) is 2. The number of nitrogens with one attached hydrogen (secondary N) is 2. The highest BCUT2D eigenvalue weighted by molar-refractivity contribution is 6.02. The molecule has 0 spiro atoms. The van der Waals surface area contributed by atoms with Crippen LogP contribution < -0.4 is 15.8 Å². The minimum Gasteiger partial charge on any atom is -0.356 e. The van der Waals surface area contributed by atoms with Crippen LogP contribution in [-0.4, -0.2) is 39.2 Å². The topological polar surface area (TPSA) is 104 Å². The van der Waals surface area contributed by atoms with Gasteiger partial charge in [0.05, 0.1) is 0 Å². The fourth-order valence-corrected chi connectivity index (χ4v) is 2.19. The van der Waals surface area contributed by atoms with Crippen molar-refractivity contribution in [2.75, 3.05) is 23.3 Å². The maximum absolute atomic E-state index is 12.0. The Hall–Kier alpha value is -2.77. The second-order valence-electron chi connectivity index (χ2n) is 4.72. The standard InChI is InChI=1S/C13H14N6O2/c20-12-4-3-9(17-18-12)13(21)16-10-7-11(15-8-14-10)19-5-1-2-6-19/h3-4,7-8H,1-2,5-6H2,(H,18,20)(H,14,15,16,21). The van der Waals surface area contributed by atoms with Crippen LogP contribution in [-0.2, 0) is 0 Å². The van der Waals surface area contributed by atoms with Gasteiger partial charge in [-0.1, -0.05) is 0 Å². The third-order valence-electron chi connectivity index (χ3n) is 3.24. The smallest absolute Gasteiger partial charge is 0.277 e. The van der Waals surface area contributed by atoms with E-state index < -0.39 is 5.91 Å². The first-order valence-electron chi connectivity index (χ1n) is 6.66. The van der Waals surface area contributed by atoms with Gasteiger partial charge in [0.1, 0.15) is 23.7 Å². The first-order chi connectivity index (χ1) is 10.2. The molecule has 2 N–H and O–H groups in total. The van der Waals surface area contributed by atoms with Gasteiger partial charge in [0, 0.05) is 25.2 Å². The lowest BCUT2D eigenvalue weighted by Gasteiger charge is -2.16. The van der Waals surface area contributed by atoms with Crippen LogP contribution >= 0.6 is 0 Å². The zero-order valence-electron chi connectivity index (χ0n) is 11.2. The summed E-state index contributed by atoms with van der Waals surface area (Å²) in [5.41, 5.74) is -0.235. The van der Waals surface area contributed by atoms with Gasteiger partial charge in [-0.25, -0.2) is 15.1 Å². The second kappa shape index (κ2) is 5.70. The first-order valence-corrected chi connectivity index (χ1v) is 6.66. The number of rotatable bonds is 3. The average Bonchev–Trinajstić information content (AvgIpc) is 3.02. The molecule has 108 valence electrons. The minimum atomic E-state index is -0.433. The van der Waals surface area contributed by atoms with Crippen LogP contribution in [0.2, 0.25) is 0 Å². The molecule has 8 nitrogen and oxygen atoms in total. The normalized spacial score (nSPS) is 14.2. The van der Waals surface area contributed by atoms with E-state index in [0.717, 1.165) is 31.7 Å². The second-order valence-corrected chi connectivity index (χ2v) is 4.72. The summed E-state index contributed by atoms with van der Waals surface area (Å²) in [7, 11) is 0. The molecule has 0 aliphatic carbocycles. The summed E-state index contributed by atoms with van der Waals surface area (Å²) in [6.45, 7) is 1.93. The van der Waals surface area contributed by atoms with Crippen molar-refractivity contribution in [1.29, 1.82) is 0 Å². The molecule has 0 saturated carbocycles. The Morgan fingerprint density at radius 1 is 1.24 bits per heavy atom. The van der Waals surface area contributed by atoms with E-state index in [-0.39, 0.29) is 11.3 Å². The van der Waals surface area contributed by atoms with Crippen molar-refractivity contribution >= 4 is 17.5 Å². The molecule has 0 atom stereocenters. The molecule has 1 fully saturated rings. The van der Waals surface area contributed by atoms with Gasteiger partial charge in [-0.3, -0.25) is 9.59 Å². The van der Waals surface area contributed by atoms with E-state index in [0.29, 0.717) is 5.82 Å². The molecule has 1 amide bonds. The maximum Gasteiger partial charge on any atom is 0.277 e. The van der Waals surface area contributed by atoms with Crippen molar-refractivity contribution in [3.05, 3.63) is 40.6 Å². The molecule has 0 radical (unpaired) electrons.